The van der Waals surface area contributed by atoms with E-state index in [0.717, 1.165) is 0 Å². The highest BCUT2D eigenvalue weighted by Crippen LogP contribution is 2.34. The van der Waals surface area contributed by atoms with Gasteiger partial charge in [0.15, 0.2) is 0 Å². The van der Waals surface area contributed by atoms with Crippen molar-refractivity contribution in [2.75, 3.05) is 14.2 Å². The van der Waals surface area contributed by atoms with Gasteiger partial charge in [0.25, 0.3) is 0 Å². The molecule has 0 radical (unpaired) electrons. The Morgan fingerprint density at radius 3 is 2.32 bits per heavy atom. The van der Waals surface area contributed by atoms with Crippen LogP contribution in [0.2, 0.25) is 0 Å². The number of nitriles is 1. The van der Waals surface area contributed by atoms with E-state index in [1.165, 1.54) is 32.4 Å². The second-order valence-corrected chi connectivity index (χ2v) is 5.24. The molecule has 2 aromatic carbocycles. The Morgan fingerprint density at radius 1 is 1.16 bits per heavy atom. The van der Waals surface area contributed by atoms with E-state index >= 15 is 0 Å². The minimum atomic E-state index is -0.729. The first kappa shape index (κ1) is 18.3. The van der Waals surface area contributed by atoms with Crippen LogP contribution in [0.4, 0.5) is 0 Å². The van der Waals surface area contributed by atoms with E-state index in [1.54, 1.807) is 18.2 Å². The van der Waals surface area contributed by atoms with Crippen molar-refractivity contribution in [3.8, 4) is 23.3 Å². The summed E-state index contributed by atoms with van der Waals surface area (Å²) in [6.07, 6.45) is -0.235. The van der Waals surface area contributed by atoms with Crippen molar-refractivity contribution in [1.29, 1.82) is 5.26 Å². The van der Waals surface area contributed by atoms with E-state index in [0.29, 0.717) is 29.0 Å². The molecule has 0 saturated carbocycles. The molecule has 2 aromatic rings. The lowest BCUT2D eigenvalue weighted by Crippen LogP contribution is -2.12. The summed E-state index contributed by atoms with van der Waals surface area (Å²) in [6, 6.07) is 11.2. The molecular weight excluding hydrogens is 322 g/mol. The Hall–Kier alpha value is -3.04. The fraction of sp³-hybridized carbons (Fsp3) is 0.263. The van der Waals surface area contributed by atoms with Crippen LogP contribution in [0.3, 0.4) is 0 Å². The van der Waals surface area contributed by atoms with Gasteiger partial charge in [0.05, 0.1) is 32.0 Å². The first-order valence-electron chi connectivity index (χ1n) is 7.70. The summed E-state index contributed by atoms with van der Waals surface area (Å²) in [5, 5.41) is 18.9. The number of hydrogen-bond donors (Lipinski definition) is 1. The fourth-order valence-electron chi connectivity index (χ4n) is 2.32. The zero-order valence-electron chi connectivity index (χ0n) is 14.3. The normalized spacial score (nSPS) is 11.3. The lowest BCUT2D eigenvalue weighted by Gasteiger charge is -2.17. The Bertz CT molecular complexity index is 793. The van der Waals surface area contributed by atoms with Gasteiger partial charge in [-0.1, -0.05) is 6.92 Å². The molecule has 2 rings (SSSR count). The molecule has 1 N–H and O–H groups in total. The molecule has 0 spiro atoms. The number of aliphatic hydroxyl groups is 1. The highest BCUT2D eigenvalue weighted by atomic mass is 16.5. The van der Waals surface area contributed by atoms with E-state index in [-0.39, 0.29) is 11.3 Å². The van der Waals surface area contributed by atoms with Gasteiger partial charge in [0, 0.05) is 5.56 Å². The van der Waals surface area contributed by atoms with Crippen LogP contribution in [-0.4, -0.2) is 25.3 Å². The van der Waals surface area contributed by atoms with Crippen LogP contribution in [0.15, 0.2) is 36.4 Å². The summed E-state index contributed by atoms with van der Waals surface area (Å²) in [5.41, 5.74) is 1.18. The number of ether oxygens (including phenoxy) is 3. The minimum Gasteiger partial charge on any atom is -0.496 e. The quantitative estimate of drug-likeness (QED) is 0.641. The smallest absolute Gasteiger partial charge is 0.347 e. The van der Waals surface area contributed by atoms with E-state index in [2.05, 4.69) is 0 Å². The lowest BCUT2D eigenvalue weighted by molar-refractivity contribution is 0.0730. The second-order valence-electron chi connectivity index (χ2n) is 5.24. The molecule has 0 aromatic heterocycles. The van der Waals surface area contributed by atoms with Crippen LogP contribution in [0, 0.1) is 11.3 Å². The first-order chi connectivity index (χ1) is 12.0. The Labute approximate surface area is 146 Å². The Morgan fingerprint density at radius 2 is 1.80 bits per heavy atom. The summed E-state index contributed by atoms with van der Waals surface area (Å²) in [7, 11) is 2.89. The molecule has 0 bridgehead atoms. The predicted octanol–water partition coefficient (Wildman–Crippen LogP) is 3.24. The maximum Gasteiger partial charge on any atom is 0.347 e. The number of aliphatic hydroxyl groups excluding tert-OH is 1. The minimum absolute atomic E-state index is 0.177. The van der Waals surface area contributed by atoms with Crippen molar-refractivity contribution >= 4 is 5.97 Å². The second kappa shape index (κ2) is 8.18. The summed E-state index contributed by atoms with van der Waals surface area (Å²) < 4.78 is 15.9. The van der Waals surface area contributed by atoms with Gasteiger partial charge < -0.3 is 19.3 Å². The van der Waals surface area contributed by atoms with Crippen molar-refractivity contribution < 1.29 is 24.1 Å². The van der Waals surface area contributed by atoms with Crippen LogP contribution in [0.5, 0.6) is 17.2 Å². The van der Waals surface area contributed by atoms with Crippen LogP contribution in [0.1, 0.15) is 40.9 Å². The molecule has 0 amide bonds. The molecule has 0 aliphatic rings. The predicted molar refractivity (Wildman–Crippen MR) is 90.9 cm³/mol. The van der Waals surface area contributed by atoms with Gasteiger partial charge in [-0.3, -0.25) is 0 Å². The van der Waals surface area contributed by atoms with Crippen LogP contribution >= 0.6 is 0 Å². The lowest BCUT2D eigenvalue weighted by atomic mass is 10.0. The van der Waals surface area contributed by atoms with E-state index < -0.39 is 12.1 Å². The van der Waals surface area contributed by atoms with Crippen molar-refractivity contribution in [3.05, 3.63) is 53.1 Å². The maximum absolute atomic E-state index is 12.5. The van der Waals surface area contributed by atoms with Crippen LogP contribution < -0.4 is 14.2 Å². The van der Waals surface area contributed by atoms with Gasteiger partial charge in [0.2, 0.25) is 0 Å². The highest BCUT2D eigenvalue weighted by molar-refractivity contribution is 5.94. The van der Waals surface area contributed by atoms with Crippen molar-refractivity contribution in [1.82, 2.24) is 0 Å². The summed E-state index contributed by atoms with van der Waals surface area (Å²) in [5.74, 6) is 0.337. The number of hydrogen-bond acceptors (Lipinski definition) is 6. The zero-order chi connectivity index (χ0) is 18.4. The van der Waals surface area contributed by atoms with E-state index in [1.807, 2.05) is 13.0 Å². The third-order valence-electron chi connectivity index (χ3n) is 3.71. The van der Waals surface area contributed by atoms with Crippen LogP contribution in [-0.2, 0) is 0 Å². The average molecular weight is 341 g/mol. The fourth-order valence-corrected chi connectivity index (χ4v) is 2.32. The molecule has 1 atom stereocenters. The molecule has 0 saturated heterocycles. The number of nitrogens with zero attached hydrogens (tertiary/aromatic N) is 1. The number of carbonyl (C=O) groups excluding carboxylic acids is 1. The molecule has 0 aliphatic heterocycles. The van der Waals surface area contributed by atoms with Gasteiger partial charge in [-0.15, -0.1) is 0 Å². The molecular formula is C19H19NO5. The van der Waals surface area contributed by atoms with E-state index in [9.17, 15) is 9.90 Å². The monoisotopic (exact) mass is 341 g/mol. The molecule has 0 heterocycles. The van der Waals surface area contributed by atoms with Gasteiger partial charge in [-0.05, 0) is 42.8 Å². The standard InChI is InChI=1S/C19H19NO5/c1-4-16(21)14-9-18(24-3)15(10-17(14)23-2)19(22)25-13-7-5-12(11-20)6-8-13/h5-10,16,21H,4H2,1-3H3. The van der Waals surface area contributed by atoms with Crippen molar-refractivity contribution in [2.45, 2.75) is 19.4 Å². The third-order valence-corrected chi connectivity index (χ3v) is 3.71. The maximum atomic E-state index is 12.5. The molecule has 1 unspecified atom stereocenters. The Kier molecular flexibility index (Phi) is 5.98. The van der Waals surface area contributed by atoms with Gasteiger partial charge in [-0.25, -0.2) is 4.79 Å². The average Bonchev–Trinajstić information content (AvgIpc) is 2.66. The third kappa shape index (κ3) is 4.08. The molecule has 25 heavy (non-hydrogen) atoms. The number of rotatable bonds is 6. The number of benzene rings is 2. The van der Waals surface area contributed by atoms with Gasteiger partial charge >= 0.3 is 5.97 Å². The topological polar surface area (TPSA) is 88.8 Å². The number of esters is 1. The number of carbonyl (C=O) groups is 1. The van der Waals surface area contributed by atoms with E-state index in [4.69, 9.17) is 19.5 Å². The molecule has 0 fully saturated rings. The summed E-state index contributed by atoms with van der Waals surface area (Å²) in [6.45, 7) is 1.84. The molecule has 130 valence electrons. The molecule has 6 nitrogen and oxygen atoms in total. The summed E-state index contributed by atoms with van der Waals surface area (Å²) in [4.78, 5) is 12.5. The SMILES string of the molecule is CCC(O)c1cc(OC)c(C(=O)Oc2ccc(C#N)cc2)cc1OC. The summed E-state index contributed by atoms with van der Waals surface area (Å²) >= 11 is 0. The highest BCUT2D eigenvalue weighted by Gasteiger charge is 2.21. The largest absolute Gasteiger partial charge is 0.496 e. The van der Waals surface area contributed by atoms with Crippen molar-refractivity contribution in [3.63, 3.8) is 0 Å². The molecule has 6 heteroatoms. The van der Waals surface area contributed by atoms with Gasteiger partial charge in [0.1, 0.15) is 22.8 Å². The zero-order valence-corrected chi connectivity index (χ0v) is 14.3. The van der Waals surface area contributed by atoms with Gasteiger partial charge in [-0.2, -0.15) is 5.26 Å². The Balaban J connectivity index is 2.36. The van der Waals surface area contributed by atoms with Crippen LogP contribution in [0.25, 0.3) is 0 Å². The molecule has 0 aliphatic carbocycles. The van der Waals surface area contributed by atoms with Crippen molar-refractivity contribution in [2.24, 2.45) is 0 Å². The number of methoxy groups -OCH3 is 2. The first-order valence-corrected chi connectivity index (χ1v) is 7.70.